The molecule has 1 aromatic carbocycles. The number of anilines is 1. The number of nitrogens with zero attached hydrogens (tertiary/aromatic N) is 2. The van der Waals surface area contributed by atoms with Gasteiger partial charge in [-0.2, -0.15) is 0 Å². The summed E-state index contributed by atoms with van der Waals surface area (Å²) in [6.07, 6.45) is 0.973. The minimum atomic E-state index is -3.83. The van der Waals surface area contributed by atoms with Gasteiger partial charge < -0.3 is 5.32 Å². The predicted octanol–water partition coefficient (Wildman–Crippen LogP) is 2.22. The SMILES string of the molecule is Cc1ccc([N+](=O)[O-])cc1N(C(C)C(=O)NC(C)C(C)C)S(C)(=O)=O. The number of non-ortho nitro benzene ring substituents is 1. The maximum Gasteiger partial charge on any atom is 0.271 e. The Kier molecular flexibility index (Phi) is 6.53. The molecule has 2 unspecified atom stereocenters. The van der Waals surface area contributed by atoms with Crippen molar-refractivity contribution in [2.75, 3.05) is 10.6 Å². The molecule has 0 heterocycles. The minimum absolute atomic E-state index is 0.122. The summed E-state index contributed by atoms with van der Waals surface area (Å²) in [7, 11) is -3.83. The zero-order chi connectivity index (χ0) is 19.5. The summed E-state index contributed by atoms with van der Waals surface area (Å²) in [5, 5.41) is 13.8. The zero-order valence-electron chi connectivity index (χ0n) is 15.3. The zero-order valence-corrected chi connectivity index (χ0v) is 16.1. The van der Waals surface area contributed by atoms with Crippen LogP contribution in [0.1, 0.15) is 33.3 Å². The summed E-state index contributed by atoms with van der Waals surface area (Å²) in [5.41, 5.74) is 0.404. The highest BCUT2D eigenvalue weighted by Crippen LogP contribution is 2.29. The molecule has 140 valence electrons. The Hall–Kier alpha value is -2.16. The van der Waals surface area contributed by atoms with E-state index in [-0.39, 0.29) is 23.3 Å². The minimum Gasteiger partial charge on any atom is -0.352 e. The number of rotatable bonds is 7. The first-order valence-electron chi connectivity index (χ1n) is 7.91. The van der Waals surface area contributed by atoms with Crippen LogP contribution in [0.2, 0.25) is 0 Å². The number of hydrogen-bond acceptors (Lipinski definition) is 5. The molecule has 8 nitrogen and oxygen atoms in total. The maximum atomic E-state index is 12.5. The van der Waals surface area contributed by atoms with E-state index in [1.54, 1.807) is 6.92 Å². The van der Waals surface area contributed by atoms with Crippen LogP contribution in [-0.4, -0.2) is 37.6 Å². The molecule has 1 aromatic rings. The van der Waals surface area contributed by atoms with Crippen molar-refractivity contribution in [1.29, 1.82) is 0 Å². The second-order valence-corrected chi connectivity index (χ2v) is 8.36. The topological polar surface area (TPSA) is 110 Å². The quantitative estimate of drug-likeness (QED) is 0.584. The highest BCUT2D eigenvalue weighted by Gasteiger charge is 2.32. The van der Waals surface area contributed by atoms with Gasteiger partial charge in [-0.1, -0.05) is 19.9 Å². The number of nitro benzene ring substituents is 1. The average molecular weight is 371 g/mol. The van der Waals surface area contributed by atoms with Crippen molar-refractivity contribution in [2.24, 2.45) is 5.92 Å². The van der Waals surface area contributed by atoms with Gasteiger partial charge in [0, 0.05) is 18.2 Å². The number of benzene rings is 1. The second-order valence-electron chi connectivity index (χ2n) is 6.50. The number of amides is 1. The van der Waals surface area contributed by atoms with Crippen molar-refractivity contribution in [3.05, 3.63) is 33.9 Å². The molecule has 0 radical (unpaired) electrons. The maximum absolute atomic E-state index is 12.5. The number of nitrogens with one attached hydrogen (secondary N) is 1. The van der Waals surface area contributed by atoms with Crippen molar-refractivity contribution in [3.63, 3.8) is 0 Å². The van der Waals surface area contributed by atoms with Crippen LogP contribution in [0.4, 0.5) is 11.4 Å². The smallest absolute Gasteiger partial charge is 0.271 e. The van der Waals surface area contributed by atoms with Crippen molar-refractivity contribution >= 4 is 27.3 Å². The molecule has 2 atom stereocenters. The molecule has 1 amide bonds. The molecule has 0 bridgehead atoms. The first-order valence-corrected chi connectivity index (χ1v) is 9.76. The lowest BCUT2D eigenvalue weighted by molar-refractivity contribution is -0.384. The molecule has 0 aliphatic heterocycles. The standard InChI is InChI=1S/C16H25N3O5S/c1-10(2)12(4)17-16(20)13(5)18(25(6,23)24)15-9-14(19(21)22)8-7-11(15)3/h7-10,12-13H,1-6H3,(H,17,20). The molecule has 0 saturated heterocycles. The molecule has 0 aliphatic carbocycles. The fraction of sp³-hybridized carbons (Fsp3) is 0.562. The van der Waals surface area contributed by atoms with Crippen LogP contribution < -0.4 is 9.62 Å². The normalized spacial score (nSPS) is 14.0. The average Bonchev–Trinajstić information content (AvgIpc) is 2.47. The van der Waals surface area contributed by atoms with Crippen LogP contribution in [0.15, 0.2) is 18.2 Å². The van der Waals surface area contributed by atoms with Gasteiger partial charge in [-0.05, 0) is 32.3 Å². The summed E-state index contributed by atoms with van der Waals surface area (Å²) in [6.45, 7) is 8.81. The molecule has 0 saturated carbocycles. The number of hydrogen-bond donors (Lipinski definition) is 1. The Balaban J connectivity index is 3.34. The van der Waals surface area contributed by atoms with Crippen molar-refractivity contribution < 1.29 is 18.1 Å². The molecule has 0 aromatic heterocycles. The largest absolute Gasteiger partial charge is 0.352 e. The van der Waals surface area contributed by atoms with E-state index < -0.39 is 26.9 Å². The monoisotopic (exact) mass is 371 g/mol. The van der Waals surface area contributed by atoms with E-state index in [0.29, 0.717) is 5.56 Å². The van der Waals surface area contributed by atoms with Gasteiger partial charge in [0.2, 0.25) is 15.9 Å². The van der Waals surface area contributed by atoms with E-state index >= 15 is 0 Å². The lowest BCUT2D eigenvalue weighted by Crippen LogP contribution is -2.50. The van der Waals surface area contributed by atoms with E-state index in [1.807, 2.05) is 20.8 Å². The number of nitro groups is 1. The van der Waals surface area contributed by atoms with E-state index in [4.69, 9.17) is 0 Å². The summed E-state index contributed by atoms with van der Waals surface area (Å²) in [4.78, 5) is 22.9. The lowest BCUT2D eigenvalue weighted by Gasteiger charge is -2.30. The van der Waals surface area contributed by atoms with E-state index in [9.17, 15) is 23.3 Å². The highest BCUT2D eigenvalue weighted by atomic mass is 32.2. The van der Waals surface area contributed by atoms with Crippen LogP contribution >= 0.6 is 0 Å². The fourth-order valence-electron chi connectivity index (χ4n) is 2.24. The van der Waals surface area contributed by atoms with E-state index in [2.05, 4.69) is 5.32 Å². The number of aryl methyl sites for hydroxylation is 1. The van der Waals surface area contributed by atoms with Crippen molar-refractivity contribution in [3.8, 4) is 0 Å². The Morgan fingerprint density at radius 2 is 1.80 bits per heavy atom. The summed E-state index contributed by atoms with van der Waals surface area (Å²) >= 11 is 0. The molecule has 0 fully saturated rings. The van der Waals surface area contributed by atoms with Crippen LogP contribution in [0.5, 0.6) is 0 Å². The van der Waals surface area contributed by atoms with Gasteiger partial charge in [-0.3, -0.25) is 19.2 Å². The molecule has 9 heteroatoms. The summed E-state index contributed by atoms with van der Waals surface area (Å²) in [5.74, 6) is -0.278. The third-order valence-electron chi connectivity index (χ3n) is 4.10. The molecule has 0 aliphatic rings. The number of carbonyl (C=O) groups is 1. The first-order chi connectivity index (χ1) is 11.4. The Bertz CT molecular complexity index is 761. The van der Waals surface area contributed by atoms with Gasteiger partial charge in [0.25, 0.3) is 5.69 Å². The van der Waals surface area contributed by atoms with Gasteiger partial charge in [-0.15, -0.1) is 0 Å². The Morgan fingerprint density at radius 3 is 2.24 bits per heavy atom. The fourth-order valence-corrected chi connectivity index (χ4v) is 3.47. The van der Waals surface area contributed by atoms with Crippen LogP contribution in [0.3, 0.4) is 0 Å². The van der Waals surface area contributed by atoms with Gasteiger partial charge in [0.1, 0.15) is 6.04 Å². The first kappa shape index (κ1) is 20.9. The lowest BCUT2D eigenvalue weighted by atomic mass is 10.1. The van der Waals surface area contributed by atoms with Crippen LogP contribution in [0.25, 0.3) is 0 Å². The van der Waals surface area contributed by atoms with Crippen LogP contribution in [-0.2, 0) is 14.8 Å². The molecule has 1 N–H and O–H groups in total. The third kappa shape index (κ3) is 5.15. The van der Waals surface area contributed by atoms with Crippen molar-refractivity contribution in [1.82, 2.24) is 5.32 Å². The van der Waals surface area contributed by atoms with E-state index in [1.165, 1.54) is 25.1 Å². The summed E-state index contributed by atoms with van der Waals surface area (Å²) in [6, 6.07) is 2.75. The second kappa shape index (κ2) is 7.81. The number of carbonyl (C=O) groups excluding carboxylic acids is 1. The van der Waals surface area contributed by atoms with Gasteiger partial charge in [-0.25, -0.2) is 8.42 Å². The molecular weight excluding hydrogens is 346 g/mol. The molecule has 25 heavy (non-hydrogen) atoms. The van der Waals surface area contributed by atoms with E-state index in [0.717, 1.165) is 10.6 Å². The Labute approximate surface area is 148 Å². The van der Waals surface area contributed by atoms with Crippen LogP contribution in [0, 0.1) is 23.0 Å². The Morgan fingerprint density at radius 1 is 1.24 bits per heavy atom. The number of sulfonamides is 1. The van der Waals surface area contributed by atoms with Crippen molar-refractivity contribution in [2.45, 2.75) is 46.7 Å². The van der Waals surface area contributed by atoms with Gasteiger partial charge >= 0.3 is 0 Å². The predicted molar refractivity (Wildman–Crippen MR) is 97.1 cm³/mol. The van der Waals surface area contributed by atoms with Gasteiger partial charge in [0.05, 0.1) is 16.9 Å². The summed E-state index contributed by atoms with van der Waals surface area (Å²) < 4.78 is 25.5. The molecular formula is C16H25N3O5S. The molecule has 1 rings (SSSR count). The molecule has 0 spiro atoms. The van der Waals surface area contributed by atoms with Gasteiger partial charge in [0.15, 0.2) is 0 Å². The highest BCUT2D eigenvalue weighted by molar-refractivity contribution is 7.92. The third-order valence-corrected chi connectivity index (χ3v) is 5.33.